The van der Waals surface area contributed by atoms with Crippen LogP contribution in [-0.2, 0) is 4.79 Å². The summed E-state index contributed by atoms with van der Waals surface area (Å²) < 4.78 is 0. The average Bonchev–Trinajstić information content (AvgIpc) is 2.84. The third-order valence-electron chi connectivity index (χ3n) is 2.67. The van der Waals surface area contributed by atoms with Crippen LogP contribution in [0.4, 0.5) is 0 Å². The summed E-state index contributed by atoms with van der Waals surface area (Å²) in [5.41, 5.74) is 5.24. The Labute approximate surface area is 78.5 Å². The topological polar surface area (TPSA) is 75.3 Å². The Kier molecular flexibility index (Phi) is 3.27. The number of carbonyl (C=O) groups is 1. The molecule has 4 nitrogen and oxygen atoms in total. The Hall–Kier alpha value is -0.610. The van der Waals surface area contributed by atoms with Crippen molar-refractivity contribution in [3.05, 3.63) is 0 Å². The number of aliphatic hydroxyl groups excluding tert-OH is 1. The second kappa shape index (κ2) is 4.07. The second-order valence-corrected chi connectivity index (χ2v) is 3.87. The zero-order valence-electron chi connectivity index (χ0n) is 8.05. The number of amides is 1. The van der Waals surface area contributed by atoms with E-state index in [0.717, 1.165) is 12.8 Å². The van der Waals surface area contributed by atoms with Gasteiger partial charge in [0.25, 0.3) is 0 Å². The molecule has 76 valence electrons. The number of hydrogen-bond donors (Lipinski definition) is 3. The standard InChI is InChI=1S/C9H18N2O2/c1-7(2-5-12)11-8(13)9(6-10)3-4-9/h7,12H,2-6,10H2,1H3,(H,11,13). The number of aliphatic hydroxyl groups is 1. The van der Waals surface area contributed by atoms with E-state index >= 15 is 0 Å². The van der Waals surface area contributed by atoms with Crippen molar-refractivity contribution in [1.29, 1.82) is 0 Å². The fourth-order valence-electron chi connectivity index (χ4n) is 1.32. The largest absolute Gasteiger partial charge is 0.396 e. The van der Waals surface area contributed by atoms with Crippen molar-refractivity contribution < 1.29 is 9.90 Å². The number of hydrogen-bond acceptors (Lipinski definition) is 3. The van der Waals surface area contributed by atoms with Crippen molar-refractivity contribution in [1.82, 2.24) is 5.32 Å². The molecule has 1 atom stereocenters. The maximum absolute atomic E-state index is 11.6. The SMILES string of the molecule is CC(CCO)NC(=O)C1(CN)CC1. The normalized spacial score (nSPS) is 20.8. The van der Waals surface area contributed by atoms with Gasteiger partial charge in [-0.05, 0) is 26.2 Å². The molecule has 4 heteroatoms. The van der Waals surface area contributed by atoms with Gasteiger partial charge in [0.15, 0.2) is 0 Å². The van der Waals surface area contributed by atoms with Crippen molar-refractivity contribution in [3.63, 3.8) is 0 Å². The van der Waals surface area contributed by atoms with Crippen molar-refractivity contribution in [2.24, 2.45) is 11.1 Å². The smallest absolute Gasteiger partial charge is 0.227 e. The van der Waals surface area contributed by atoms with Crippen LogP contribution in [0.25, 0.3) is 0 Å². The Bertz CT molecular complexity index is 190. The van der Waals surface area contributed by atoms with Gasteiger partial charge in [-0.1, -0.05) is 0 Å². The van der Waals surface area contributed by atoms with Crippen LogP contribution in [0.3, 0.4) is 0 Å². The zero-order valence-corrected chi connectivity index (χ0v) is 8.05. The molecule has 13 heavy (non-hydrogen) atoms. The number of rotatable bonds is 5. The molecule has 0 aromatic carbocycles. The van der Waals surface area contributed by atoms with E-state index in [-0.39, 0.29) is 24.0 Å². The Balaban J connectivity index is 2.32. The first kappa shape index (κ1) is 10.5. The van der Waals surface area contributed by atoms with Gasteiger partial charge in [-0.25, -0.2) is 0 Å². The van der Waals surface area contributed by atoms with Crippen LogP contribution < -0.4 is 11.1 Å². The molecule has 1 aliphatic rings. The van der Waals surface area contributed by atoms with Gasteiger partial charge < -0.3 is 16.2 Å². The zero-order chi connectivity index (χ0) is 9.90. The number of nitrogens with one attached hydrogen (secondary N) is 1. The summed E-state index contributed by atoms with van der Waals surface area (Å²) in [5.74, 6) is 0.0518. The highest BCUT2D eigenvalue weighted by molar-refractivity contribution is 5.85. The van der Waals surface area contributed by atoms with Crippen LogP contribution in [0.15, 0.2) is 0 Å². The molecule has 1 aliphatic carbocycles. The van der Waals surface area contributed by atoms with Crippen molar-refractivity contribution in [3.8, 4) is 0 Å². The monoisotopic (exact) mass is 186 g/mol. The van der Waals surface area contributed by atoms with Gasteiger partial charge in [0.05, 0.1) is 5.41 Å². The summed E-state index contributed by atoms with van der Waals surface area (Å²) in [6, 6.07) is 0.0431. The Morgan fingerprint density at radius 3 is 2.69 bits per heavy atom. The molecule has 0 aliphatic heterocycles. The Morgan fingerprint density at radius 2 is 2.31 bits per heavy atom. The maximum atomic E-state index is 11.6. The van der Waals surface area contributed by atoms with E-state index in [1.807, 2.05) is 6.92 Å². The van der Waals surface area contributed by atoms with E-state index in [4.69, 9.17) is 10.8 Å². The van der Waals surface area contributed by atoms with E-state index in [2.05, 4.69) is 5.32 Å². The van der Waals surface area contributed by atoms with Crippen molar-refractivity contribution in [2.45, 2.75) is 32.2 Å². The fraction of sp³-hybridized carbons (Fsp3) is 0.889. The first-order valence-electron chi connectivity index (χ1n) is 4.76. The van der Waals surface area contributed by atoms with E-state index < -0.39 is 0 Å². The van der Waals surface area contributed by atoms with Crippen LogP contribution in [0.2, 0.25) is 0 Å². The summed E-state index contributed by atoms with van der Waals surface area (Å²) in [7, 11) is 0. The summed E-state index contributed by atoms with van der Waals surface area (Å²) >= 11 is 0. The summed E-state index contributed by atoms with van der Waals surface area (Å²) in [5, 5.41) is 11.5. The summed E-state index contributed by atoms with van der Waals surface area (Å²) in [4.78, 5) is 11.6. The van der Waals surface area contributed by atoms with Crippen LogP contribution in [0.1, 0.15) is 26.2 Å². The molecule has 0 heterocycles. The maximum Gasteiger partial charge on any atom is 0.227 e. The highest BCUT2D eigenvalue weighted by Crippen LogP contribution is 2.44. The molecule has 4 N–H and O–H groups in total. The number of carbonyl (C=O) groups excluding carboxylic acids is 1. The van der Waals surface area contributed by atoms with Gasteiger partial charge in [-0.2, -0.15) is 0 Å². The third-order valence-corrected chi connectivity index (χ3v) is 2.67. The fourth-order valence-corrected chi connectivity index (χ4v) is 1.32. The van der Waals surface area contributed by atoms with Gasteiger partial charge in [-0.15, -0.1) is 0 Å². The lowest BCUT2D eigenvalue weighted by molar-refractivity contribution is -0.126. The van der Waals surface area contributed by atoms with Gasteiger partial charge in [0.2, 0.25) is 5.91 Å². The molecule has 0 radical (unpaired) electrons. The van der Waals surface area contributed by atoms with Gasteiger partial charge >= 0.3 is 0 Å². The molecular formula is C9H18N2O2. The van der Waals surface area contributed by atoms with E-state index in [0.29, 0.717) is 13.0 Å². The van der Waals surface area contributed by atoms with Gasteiger partial charge in [0, 0.05) is 19.2 Å². The predicted octanol–water partition coefficient (Wildman–Crippen LogP) is -0.388. The van der Waals surface area contributed by atoms with E-state index in [1.54, 1.807) is 0 Å². The molecule has 1 amide bonds. The molecule has 0 saturated heterocycles. The lowest BCUT2D eigenvalue weighted by Gasteiger charge is -2.17. The molecule has 0 spiro atoms. The minimum Gasteiger partial charge on any atom is -0.396 e. The predicted molar refractivity (Wildman–Crippen MR) is 50.0 cm³/mol. The molecule has 1 unspecified atom stereocenters. The second-order valence-electron chi connectivity index (χ2n) is 3.87. The third kappa shape index (κ3) is 2.42. The van der Waals surface area contributed by atoms with E-state index in [1.165, 1.54) is 0 Å². The van der Waals surface area contributed by atoms with Crippen LogP contribution >= 0.6 is 0 Å². The van der Waals surface area contributed by atoms with Crippen LogP contribution in [-0.4, -0.2) is 30.2 Å². The van der Waals surface area contributed by atoms with Crippen molar-refractivity contribution in [2.75, 3.05) is 13.2 Å². The summed E-state index contributed by atoms with van der Waals surface area (Å²) in [6.45, 7) is 2.43. The average molecular weight is 186 g/mol. The first-order chi connectivity index (χ1) is 6.14. The van der Waals surface area contributed by atoms with Crippen LogP contribution in [0.5, 0.6) is 0 Å². The highest BCUT2D eigenvalue weighted by atomic mass is 16.3. The quantitative estimate of drug-likeness (QED) is 0.547. The lowest BCUT2D eigenvalue weighted by atomic mass is 10.1. The van der Waals surface area contributed by atoms with Crippen molar-refractivity contribution >= 4 is 5.91 Å². The molecule has 1 saturated carbocycles. The molecule has 0 aromatic heterocycles. The molecular weight excluding hydrogens is 168 g/mol. The molecule has 0 aromatic rings. The minimum atomic E-state index is -0.274. The molecule has 1 rings (SSSR count). The first-order valence-corrected chi connectivity index (χ1v) is 4.76. The minimum absolute atomic E-state index is 0.0431. The lowest BCUT2D eigenvalue weighted by Crippen LogP contribution is -2.41. The Morgan fingerprint density at radius 1 is 1.69 bits per heavy atom. The van der Waals surface area contributed by atoms with Gasteiger partial charge in [0.1, 0.15) is 0 Å². The van der Waals surface area contributed by atoms with Gasteiger partial charge in [-0.3, -0.25) is 4.79 Å². The van der Waals surface area contributed by atoms with E-state index in [9.17, 15) is 4.79 Å². The summed E-state index contributed by atoms with van der Waals surface area (Å²) in [6.07, 6.45) is 2.41. The molecule has 0 bridgehead atoms. The number of nitrogens with two attached hydrogens (primary N) is 1. The van der Waals surface area contributed by atoms with Crippen LogP contribution in [0, 0.1) is 5.41 Å². The molecule has 1 fully saturated rings. The highest BCUT2D eigenvalue weighted by Gasteiger charge is 2.48.